The summed E-state index contributed by atoms with van der Waals surface area (Å²) in [4.78, 5) is 31.5. The van der Waals surface area contributed by atoms with Crippen molar-refractivity contribution in [1.82, 2.24) is 0 Å². The van der Waals surface area contributed by atoms with Gasteiger partial charge in [-0.25, -0.2) is 0 Å². The van der Waals surface area contributed by atoms with Gasteiger partial charge in [0.2, 0.25) is 0 Å². The van der Waals surface area contributed by atoms with Crippen LogP contribution in [-0.2, 0) is 12.0 Å². The Bertz CT molecular complexity index is 1860. The molecule has 0 N–H and O–H groups in total. The van der Waals surface area contributed by atoms with E-state index in [2.05, 4.69) is 83.1 Å². The Kier molecular flexibility index (Phi) is 8.76. The lowest BCUT2D eigenvalue weighted by molar-refractivity contribution is 0.0974. The third-order valence-corrected chi connectivity index (χ3v) is 10.2. The molecule has 0 heterocycles. The highest BCUT2D eigenvalue weighted by molar-refractivity contribution is 7.99. The summed E-state index contributed by atoms with van der Waals surface area (Å²) in [6, 6.07) is 36.0. The summed E-state index contributed by atoms with van der Waals surface area (Å²) in [6.45, 7) is 11.4. The highest BCUT2D eigenvalue weighted by atomic mass is 32.2. The molecule has 0 amide bonds. The highest BCUT2D eigenvalue weighted by Crippen LogP contribution is 2.41. The molecule has 0 radical (unpaired) electrons. The van der Waals surface area contributed by atoms with Crippen LogP contribution < -0.4 is 4.74 Å². The van der Waals surface area contributed by atoms with Crippen LogP contribution in [0.25, 0.3) is 0 Å². The second kappa shape index (κ2) is 12.7. The van der Waals surface area contributed by atoms with Gasteiger partial charge >= 0.3 is 0 Å². The van der Waals surface area contributed by atoms with Crippen LogP contribution >= 0.6 is 23.5 Å². The van der Waals surface area contributed by atoms with Crippen molar-refractivity contribution in [2.75, 3.05) is 0 Å². The average molecular weight is 629 g/mol. The van der Waals surface area contributed by atoms with E-state index in [0.29, 0.717) is 34.8 Å². The number of carbonyl (C=O) groups is 2. The van der Waals surface area contributed by atoms with Crippen molar-refractivity contribution in [3.05, 3.63) is 148 Å². The first-order chi connectivity index (χ1) is 21.6. The molecule has 5 heteroatoms. The number of ether oxygens (including phenoxy) is 1. The molecule has 6 rings (SSSR count). The molecule has 45 heavy (non-hydrogen) atoms. The molecule has 226 valence electrons. The predicted molar refractivity (Wildman–Crippen MR) is 184 cm³/mol. The Hall–Kier alpha value is -4.06. The quantitative estimate of drug-likeness (QED) is 0.168. The summed E-state index contributed by atoms with van der Waals surface area (Å²) in [7, 11) is 0. The van der Waals surface area contributed by atoms with Gasteiger partial charge in [0.15, 0.2) is 11.6 Å². The molecule has 0 saturated heterocycles. The fourth-order valence-electron chi connectivity index (χ4n) is 5.39. The average Bonchev–Trinajstić information content (AvgIpc) is 3.03. The maximum atomic E-state index is 14.0. The van der Waals surface area contributed by atoms with Crippen LogP contribution in [0.2, 0.25) is 0 Å². The molecule has 0 spiro atoms. The summed E-state index contributed by atoms with van der Waals surface area (Å²) in [5.41, 5.74) is 5.63. The molecule has 0 aliphatic heterocycles. The van der Waals surface area contributed by atoms with Crippen LogP contribution in [0.4, 0.5) is 0 Å². The first kappa shape index (κ1) is 30.9. The fourth-order valence-corrected chi connectivity index (χ4v) is 7.35. The lowest BCUT2D eigenvalue weighted by Gasteiger charge is -2.22. The van der Waals surface area contributed by atoms with E-state index in [1.165, 1.54) is 34.7 Å². The van der Waals surface area contributed by atoms with Gasteiger partial charge in [0.05, 0.1) is 0 Å². The Morgan fingerprint density at radius 3 is 1.58 bits per heavy atom. The monoisotopic (exact) mass is 628 g/mol. The Morgan fingerprint density at radius 1 is 0.622 bits per heavy atom. The van der Waals surface area contributed by atoms with E-state index in [-0.39, 0.29) is 17.0 Å². The van der Waals surface area contributed by atoms with Crippen LogP contribution in [-0.4, -0.2) is 11.6 Å². The van der Waals surface area contributed by atoms with Crippen LogP contribution in [0.3, 0.4) is 0 Å². The molecule has 0 bridgehead atoms. The Balaban J connectivity index is 1.19. The van der Waals surface area contributed by atoms with E-state index >= 15 is 0 Å². The maximum Gasteiger partial charge on any atom is 0.195 e. The van der Waals surface area contributed by atoms with Gasteiger partial charge in [0, 0.05) is 41.8 Å². The van der Waals surface area contributed by atoms with Crippen LogP contribution in [0.5, 0.6) is 5.75 Å². The van der Waals surface area contributed by atoms with E-state index < -0.39 is 0 Å². The summed E-state index contributed by atoms with van der Waals surface area (Å²) < 4.78 is 6.02. The van der Waals surface area contributed by atoms with Crippen LogP contribution in [0, 0.1) is 0 Å². The molecule has 1 aliphatic carbocycles. The third-order valence-electron chi connectivity index (χ3n) is 8.05. The largest absolute Gasteiger partial charge is 0.489 e. The molecular formula is C40H36O3S2. The number of fused-ring (bicyclic) bond motifs is 2. The second-order valence-electron chi connectivity index (χ2n) is 12.7. The van der Waals surface area contributed by atoms with Gasteiger partial charge in [-0.1, -0.05) is 119 Å². The van der Waals surface area contributed by atoms with E-state index in [0.717, 1.165) is 30.9 Å². The predicted octanol–water partition coefficient (Wildman–Crippen LogP) is 10.8. The minimum atomic E-state index is -0.114. The van der Waals surface area contributed by atoms with E-state index in [1.807, 2.05) is 48.5 Å². The molecule has 0 atom stereocenters. The topological polar surface area (TPSA) is 43.4 Å². The first-order valence-electron chi connectivity index (χ1n) is 15.2. The second-order valence-corrected chi connectivity index (χ2v) is 14.9. The van der Waals surface area contributed by atoms with Crippen molar-refractivity contribution in [3.63, 3.8) is 0 Å². The highest BCUT2D eigenvalue weighted by Gasteiger charge is 2.33. The Morgan fingerprint density at radius 2 is 1.11 bits per heavy atom. The van der Waals surface area contributed by atoms with Crippen molar-refractivity contribution in [2.45, 2.75) is 72.1 Å². The minimum absolute atomic E-state index is 0.0627. The van der Waals surface area contributed by atoms with E-state index in [4.69, 9.17) is 4.74 Å². The minimum Gasteiger partial charge on any atom is -0.489 e. The van der Waals surface area contributed by atoms with Gasteiger partial charge in [0.25, 0.3) is 0 Å². The molecule has 0 fully saturated rings. The lowest BCUT2D eigenvalue weighted by atomic mass is 9.84. The van der Waals surface area contributed by atoms with Crippen molar-refractivity contribution in [1.29, 1.82) is 0 Å². The van der Waals surface area contributed by atoms with Gasteiger partial charge < -0.3 is 4.74 Å². The number of ketones is 2. The zero-order valence-electron chi connectivity index (χ0n) is 26.2. The number of benzene rings is 5. The van der Waals surface area contributed by atoms with Crippen molar-refractivity contribution in [3.8, 4) is 5.75 Å². The molecule has 0 aromatic heterocycles. The first-order valence-corrected chi connectivity index (χ1v) is 16.8. The molecule has 5 aromatic carbocycles. The zero-order chi connectivity index (χ0) is 31.7. The van der Waals surface area contributed by atoms with Gasteiger partial charge in [-0.05, 0) is 76.6 Å². The van der Waals surface area contributed by atoms with Crippen LogP contribution in [0.15, 0.2) is 129 Å². The lowest BCUT2D eigenvalue weighted by Crippen LogP contribution is -2.22. The number of hydrogen-bond acceptors (Lipinski definition) is 5. The van der Waals surface area contributed by atoms with Crippen molar-refractivity contribution in [2.24, 2.45) is 0 Å². The maximum absolute atomic E-state index is 14.0. The number of carbonyl (C=O) groups excluding carboxylic acids is 2. The molecule has 1 aliphatic rings. The standard InChI is InChI=1S/C40H36O3S2/c1-25(2)27-14-12-26(13-15-27)24-43-29-18-22-31(23-19-29)45-35-11-7-9-33-37(35)39(42)32-8-6-10-34(36(32)38(33)41)44-30-20-16-28(17-21-30)40(3,4)5/h6-23,25H,24H2,1-5H3. The van der Waals surface area contributed by atoms with Gasteiger partial charge in [-0.15, -0.1) is 0 Å². The molecular weight excluding hydrogens is 593 g/mol. The number of rotatable bonds is 8. The van der Waals surface area contributed by atoms with Crippen molar-refractivity contribution < 1.29 is 14.3 Å². The SMILES string of the molecule is CC(C)c1ccc(COc2ccc(Sc3cccc4c3C(=O)c3cccc(Sc5ccc(C(C)(C)C)cc5)c3C4=O)cc2)cc1. The zero-order valence-corrected chi connectivity index (χ0v) is 27.9. The van der Waals surface area contributed by atoms with Gasteiger partial charge in [0.1, 0.15) is 12.4 Å². The van der Waals surface area contributed by atoms with Gasteiger partial charge in [-0.3, -0.25) is 9.59 Å². The molecule has 0 unspecified atom stereocenters. The molecule has 5 aromatic rings. The fraction of sp³-hybridized carbons (Fsp3) is 0.200. The van der Waals surface area contributed by atoms with Crippen LogP contribution in [0.1, 0.15) is 89.1 Å². The van der Waals surface area contributed by atoms with Gasteiger partial charge in [-0.2, -0.15) is 0 Å². The summed E-state index contributed by atoms with van der Waals surface area (Å²) in [5.74, 6) is 1.06. The van der Waals surface area contributed by atoms with Crippen molar-refractivity contribution >= 4 is 35.1 Å². The number of hydrogen-bond donors (Lipinski definition) is 0. The molecule has 0 saturated carbocycles. The summed E-state index contributed by atoms with van der Waals surface area (Å²) in [5, 5.41) is 0. The summed E-state index contributed by atoms with van der Waals surface area (Å²) in [6.07, 6.45) is 0. The summed E-state index contributed by atoms with van der Waals surface area (Å²) >= 11 is 3.01. The third kappa shape index (κ3) is 6.66. The van der Waals surface area contributed by atoms with E-state index in [9.17, 15) is 9.59 Å². The molecule has 3 nitrogen and oxygen atoms in total. The van der Waals surface area contributed by atoms with E-state index in [1.54, 1.807) is 12.1 Å². The normalized spacial score (nSPS) is 12.7. The smallest absolute Gasteiger partial charge is 0.195 e. The Labute approximate surface area is 274 Å².